The van der Waals surface area contributed by atoms with Crippen LogP contribution in [0.2, 0.25) is 0 Å². The quantitative estimate of drug-likeness (QED) is 0.553. The number of likely N-dealkylation sites (tertiary alicyclic amines) is 1. The zero-order valence-electron chi connectivity index (χ0n) is 16.4. The van der Waals surface area contributed by atoms with Crippen molar-refractivity contribution in [3.8, 4) is 0 Å². The lowest BCUT2D eigenvalue weighted by atomic mass is 10.1. The van der Waals surface area contributed by atoms with Crippen LogP contribution < -0.4 is 10.6 Å². The van der Waals surface area contributed by atoms with E-state index in [1.165, 1.54) is 18.4 Å². The van der Waals surface area contributed by atoms with Crippen molar-refractivity contribution in [2.45, 2.75) is 45.7 Å². The van der Waals surface area contributed by atoms with Crippen LogP contribution in [0.1, 0.15) is 49.7 Å². The number of rotatable bonds is 8. The molecule has 6 nitrogen and oxygen atoms in total. The van der Waals surface area contributed by atoms with Gasteiger partial charge in [-0.1, -0.05) is 42.4 Å². The second-order valence-electron chi connectivity index (χ2n) is 6.88. The molecule has 27 heavy (non-hydrogen) atoms. The van der Waals surface area contributed by atoms with Crippen molar-refractivity contribution in [3.63, 3.8) is 0 Å². The maximum atomic E-state index is 5.34. The molecule has 1 aromatic heterocycles. The van der Waals surface area contributed by atoms with Crippen molar-refractivity contribution in [3.05, 3.63) is 53.4 Å². The van der Waals surface area contributed by atoms with Crippen LogP contribution in [0.5, 0.6) is 0 Å². The highest BCUT2D eigenvalue weighted by Crippen LogP contribution is 2.24. The Morgan fingerprint density at radius 2 is 1.96 bits per heavy atom. The zero-order chi connectivity index (χ0) is 18.9. The van der Waals surface area contributed by atoms with E-state index in [-0.39, 0.29) is 0 Å². The molecule has 2 heterocycles. The number of aliphatic imine (C=N–C) groups is 1. The van der Waals surface area contributed by atoms with Gasteiger partial charge in [0.2, 0.25) is 0 Å². The van der Waals surface area contributed by atoms with E-state index in [2.05, 4.69) is 69.9 Å². The first-order valence-electron chi connectivity index (χ1n) is 10.1. The smallest absolute Gasteiger partial charge is 0.191 e. The molecule has 1 unspecified atom stereocenters. The van der Waals surface area contributed by atoms with Gasteiger partial charge in [-0.3, -0.25) is 4.90 Å². The van der Waals surface area contributed by atoms with Gasteiger partial charge in [0.25, 0.3) is 0 Å². The van der Waals surface area contributed by atoms with Crippen LogP contribution in [-0.4, -0.2) is 42.2 Å². The highest BCUT2D eigenvalue weighted by molar-refractivity contribution is 5.79. The van der Waals surface area contributed by atoms with E-state index in [0.717, 1.165) is 50.0 Å². The van der Waals surface area contributed by atoms with E-state index in [0.29, 0.717) is 12.6 Å². The molecule has 146 valence electrons. The molecule has 1 aromatic carbocycles. The van der Waals surface area contributed by atoms with Gasteiger partial charge in [0.15, 0.2) is 11.7 Å². The molecule has 3 rings (SSSR count). The van der Waals surface area contributed by atoms with Crippen LogP contribution in [0.25, 0.3) is 0 Å². The van der Waals surface area contributed by atoms with Crippen LogP contribution >= 0.6 is 0 Å². The van der Waals surface area contributed by atoms with Gasteiger partial charge in [0.1, 0.15) is 6.54 Å². The van der Waals surface area contributed by atoms with E-state index in [9.17, 15) is 0 Å². The molecule has 0 radical (unpaired) electrons. The number of hydrogen-bond donors (Lipinski definition) is 2. The molecule has 0 spiro atoms. The summed E-state index contributed by atoms with van der Waals surface area (Å²) < 4.78 is 5.34. The Balaban J connectivity index is 1.65. The minimum atomic E-state index is 0.356. The topological polar surface area (TPSA) is 65.7 Å². The van der Waals surface area contributed by atoms with Crippen molar-refractivity contribution in [2.24, 2.45) is 4.99 Å². The molecule has 2 aromatic rings. The lowest BCUT2D eigenvalue weighted by Crippen LogP contribution is -2.42. The van der Waals surface area contributed by atoms with E-state index in [1.54, 1.807) is 0 Å². The van der Waals surface area contributed by atoms with Crippen LogP contribution in [0.3, 0.4) is 0 Å². The summed E-state index contributed by atoms with van der Waals surface area (Å²) in [6.45, 7) is 8.60. The molecule has 1 atom stereocenters. The largest absolute Gasteiger partial charge is 0.359 e. The summed E-state index contributed by atoms with van der Waals surface area (Å²) in [6, 6.07) is 13.1. The summed E-state index contributed by atoms with van der Waals surface area (Å²) in [6.07, 6.45) is 3.44. The number of hydrogen-bond acceptors (Lipinski definition) is 4. The maximum absolute atomic E-state index is 5.34. The minimum Gasteiger partial charge on any atom is -0.359 e. The monoisotopic (exact) mass is 369 g/mol. The SMILES string of the molecule is CCNC(=NCc1cc(CC)no1)NCC(c1ccccc1)N1CCCC1. The number of nitrogens with zero attached hydrogens (tertiary/aromatic N) is 3. The van der Waals surface area contributed by atoms with Crippen molar-refractivity contribution in [1.82, 2.24) is 20.7 Å². The Kier molecular flexibility index (Phi) is 7.27. The standard InChI is InChI=1S/C21H31N5O/c1-3-18-14-19(27-25-18)15-23-21(22-4-2)24-16-20(26-12-8-9-13-26)17-10-6-5-7-11-17/h5-7,10-11,14,20H,3-4,8-9,12-13,15-16H2,1-2H3,(H2,22,23,24). The molecule has 1 saturated heterocycles. The van der Waals surface area contributed by atoms with Gasteiger partial charge < -0.3 is 15.2 Å². The third kappa shape index (κ3) is 5.57. The highest BCUT2D eigenvalue weighted by Gasteiger charge is 2.23. The predicted octanol–water partition coefficient (Wildman–Crippen LogP) is 3.13. The van der Waals surface area contributed by atoms with Crippen molar-refractivity contribution >= 4 is 5.96 Å². The average molecular weight is 370 g/mol. The minimum absolute atomic E-state index is 0.356. The van der Waals surface area contributed by atoms with E-state index in [1.807, 2.05) is 6.07 Å². The molecular formula is C21H31N5O. The predicted molar refractivity (Wildman–Crippen MR) is 109 cm³/mol. The summed E-state index contributed by atoms with van der Waals surface area (Å²) in [4.78, 5) is 7.23. The zero-order valence-corrected chi connectivity index (χ0v) is 16.4. The molecule has 0 amide bonds. The fourth-order valence-electron chi connectivity index (χ4n) is 3.48. The Morgan fingerprint density at radius 3 is 2.63 bits per heavy atom. The first kappa shape index (κ1) is 19.4. The second-order valence-corrected chi connectivity index (χ2v) is 6.88. The normalized spacial score (nSPS) is 16.4. The van der Waals surface area contributed by atoms with E-state index >= 15 is 0 Å². The third-order valence-electron chi connectivity index (χ3n) is 4.94. The second kappa shape index (κ2) is 10.1. The average Bonchev–Trinajstić information content (AvgIpc) is 3.39. The van der Waals surface area contributed by atoms with Crippen LogP contribution in [0, 0.1) is 0 Å². The molecule has 0 aliphatic carbocycles. The van der Waals surface area contributed by atoms with Gasteiger partial charge in [0.05, 0.1) is 11.7 Å². The number of nitrogens with one attached hydrogen (secondary N) is 2. The van der Waals surface area contributed by atoms with Crippen molar-refractivity contribution in [2.75, 3.05) is 26.2 Å². The highest BCUT2D eigenvalue weighted by atomic mass is 16.5. The molecular weight excluding hydrogens is 338 g/mol. The van der Waals surface area contributed by atoms with Gasteiger partial charge >= 0.3 is 0 Å². The molecule has 2 N–H and O–H groups in total. The summed E-state index contributed by atoms with van der Waals surface area (Å²) in [5, 5.41) is 10.9. The summed E-state index contributed by atoms with van der Waals surface area (Å²) in [5.74, 6) is 1.61. The van der Waals surface area contributed by atoms with Gasteiger partial charge in [-0.05, 0) is 44.8 Å². The molecule has 0 bridgehead atoms. The van der Waals surface area contributed by atoms with Gasteiger partial charge in [0, 0.05) is 19.2 Å². The Hall–Kier alpha value is -2.34. The number of aromatic nitrogens is 1. The summed E-state index contributed by atoms with van der Waals surface area (Å²) in [7, 11) is 0. The van der Waals surface area contributed by atoms with Gasteiger partial charge in [-0.25, -0.2) is 4.99 Å². The first-order valence-corrected chi connectivity index (χ1v) is 10.1. The molecule has 1 aliphatic heterocycles. The van der Waals surface area contributed by atoms with E-state index in [4.69, 9.17) is 4.52 Å². The Labute approximate surface area is 162 Å². The summed E-state index contributed by atoms with van der Waals surface area (Å²) in [5.41, 5.74) is 2.32. The van der Waals surface area contributed by atoms with Crippen LogP contribution in [0.4, 0.5) is 0 Å². The fraction of sp³-hybridized carbons (Fsp3) is 0.524. The van der Waals surface area contributed by atoms with Crippen LogP contribution in [0.15, 0.2) is 45.9 Å². The van der Waals surface area contributed by atoms with Gasteiger partial charge in [-0.2, -0.15) is 0 Å². The Bertz CT molecular complexity index is 706. The molecule has 1 aliphatic rings. The van der Waals surface area contributed by atoms with Crippen molar-refractivity contribution < 1.29 is 4.52 Å². The van der Waals surface area contributed by atoms with Gasteiger partial charge in [-0.15, -0.1) is 0 Å². The van der Waals surface area contributed by atoms with Crippen molar-refractivity contribution in [1.29, 1.82) is 0 Å². The maximum Gasteiger partial charge on any atom is 0.191 e. The third-order valence-corrected chi connectivity index (χ3v) is 4.94. The molecule has 0 saturated carbocycles. The fourth-order valence-corrected chi connectivity index (χ4v) is 3.48. The number of aryl methyl sites for hydroxylation is 1. The lowest BCUT2D eigenvalue weighted by Gasteiger charge is -2.29. The van der Waals surface area contributed by atoms with Crippen LogP contribution in [-0.2, 0) is 13.0 Å². The summed E-state index contributed by atoms with van der Waals surface area (Å²) >= 11 is 0. The first-order chi connectivity index (χ1) is 13.3. The Morgan fingerprint density at radius 1 is 1.19 bits per heavy atom. The lowest BCUT2D eigenvalue weighted by molar-refractivity contribution is 0.245. The number of benzene rings is 1. The molecule has 1 fully saturated rings. The van der Waals surface area contributed by atoms with E-state index < -0.39 is 0 Å². The number of guanidine groups is 1. The molecule has 6 heteroatoms.